The van der Waals surface area contributed by atoms with Gasteiger partial charge in [0.2, 0.25) is 0 Å². The molecular weight excluding hydrogens is 293 g/mol. The van der Waals surface area contributed by atoms with Crippen molar-refractivity contribution in [2.24, 2.45) is 0 Å². The third-order valence-corrected chi connectivity index (χ3v) is 4.32. The highest BCUT2D eigenvalue weighted by molar-refractivity contribution is 7.16. The number of thiophene rings is 1. The van der Waals surface area contributed by atoms with Crippen LogP contribution in [-0.4, -0.2) is 4.98 Å². The summed E-state index contributed by atoms with van der Waals surface area (Å²) < 4.78 is 13.2. The van der Waals surface area contributed by atoms with Crippen LogP contribution >= 0.6 is 11.3 Å². The Morgan fingerprint density at radius 2 is 1.77 bits per heavy atom. The highest BCUT2D eigenvalue weighted by Gasteiger charge is 2.12. The summed E-state index contributed by atoms with van der Waals surface area (Å²) in [4.78, 5) is 6.19. The number of aromatic nitrogens is 1. The Morgan fingerprint density at radius 1 is 1.05 bits per heavy atom. The smallest absolute Gasteiger partial charge is 0.123 e. The number of halogens is 1. The predicted octanol–water partition coefficient (Wildman–Crippen LogP) is 5.38. The van der Waals surface area contributed by atoms with Crippen LogP contribution in [0.5, 0.6) is 0 Å². The van der Waals surface area contributed by atoms with Crippen molar-refractivity contribution in [2.45, 2.75) is 13.3 Å². The molecule has 3 rings (SSSR count). The first-order valence-corrected chi connectivity index (χ1v) is 7.88. The molecule has 0 aliphatic rings. The van der Waals surface area contributed by atoms with Crippen molar-refractivity contribution < 1.29 is 4.39 Å². The van der Waals surface area contributed by atoms with Gasteiger partial charge in [-0.05, 0) is 41.5 Å². The van der Waals surface area contributed by atoms with Crippen molar-refractivity contribution in [1.82, 2.24) is 4.98 Å². The standard InChI is InChI=1S/C19H14FNS/c1-2-3-4-17-13-18(14-9-11-21-12-10-14)19(22-17)15-5-7-16(20)8-6-15/h5-13H,2H2,1H3. The second-order valence-electron chi connectivity index (χ2n) is 4.75. The molecule has 22 heavy (non-hydrogen) atoms. The second kappa shape index (κ2) is 6.55. The van der Waals surface area contributed by atoms with Gasteiger partial charge in [0, 0.05) is 29.3 Å². The summed E-state index contributed by atoms with van der Waals surface area (Å²) in [5.41, 5.74) is 3.21. The normalized spacial score (nSPS) is 10.1. The Morgan fingerprint density at radius 3 is 2.45 bits per heavy atom. The van der Waals surface area contributed by atoms with Crippen molar-refractivity contribution in [3.63, 3.8) is 0 Å². The molecule has 108 valence electrons. The van der Waals surface area contributed by atoms with Gasteiger partial charge in [0.25, 0.3) is 0 Å². The van der Waals surface area contributed by atoms with E-state index in [-0.39, 0.29) is 5.82 Å². The lowest BCUT2D eigenvalue weighted by atomic mass is 10.0. The molecular formula is C19H14FNS. The summed E-state index contributed by atoms with van der Waals surface area (Å²) in [6, 6.07) is 12.6. The van der Waals surface area contributed by atoms with Crippen LogP contribution in [-0.2, 0) is 0 Å². The lowest BCUT2D eigenvalue weighted by Gasteiger charge is -2.03. The molecule has 0 unspecified atom stereocenters. The summed E-state index contributed by atoms with van der Waals surface area (Å²) in [7, 11) is 0. The Labute approximate surface area is 133 Å². The van der Waals surface area contributed by atoms with Crippen molar-refractivity contribution >= 4 is 11.3 Å². The van der Waals surface area contributed by atoms with Crippen LogP contribution in [0.3, 0.4) is 0 Å². The molecule has 0 saturated heterocycles. The summed E-state index contributed by atoms with van der Waals surface area (Å²) >= 11 is 1.64. The number of nitrogens with zero attached hydrogens (tertiary/aromatic N) is 1. The van der Waals surface area contributed by atoms with Crippen LogP contribution in [0.25, 0.3) is 21.6 Å². The molecule has 0 saturated carbocycles. The largest absolute Gasteiger partial charge is 0.265 e. The van der Waals surface area contributed by atoms with Crippen LogP contribution in [0.1, 0.15) is 18.2 Å². The molecule has 0 spiro atoms. The van der Waals surface area contributed by atoms with Gasteiger partial charge in [-0.3, -0.25) is 4.98 Å². The summed E-state index contributed by atoms with van der Waals surface area (Å²) in [6.07, 6.45) is 4.38. The Bertz CT molecular complexity index is 823. The van der Waals surface area contributed by atoms with Gasteiger partial charge >= 0.3 is 0 Å². The maximum atomic E-state index is 13.2. The van der Waals surface area contributed by atoms with Crippen molar-refractivity contribution in [3.8, 4) is 33.4 Å². The first kappa shape index (κ1) is 14.5. The third-order valence-electron chi connectivity index (χ3n) is 3.22. The molecule has 0 aliphatic heterocycles. The zero-order chi connectivity index (χ0) is 15.4. The van der Waals surface area contributed by atoms with E-state index < -0.39 is 0 Å². The molecule has 0 N–H and O–H groups in total. The van der Waals surface area contributed by atoms with Crippen molar-refractivity contribution in [2.75, 3.05) is 0 Å². The van der Waals surface area contributed by atoms with E-state index in [1.54, 1.807) is 23.7 Å². The van der Waals surface area contributed by atoms with Crippen LogP contribution in [0.2, 0.25) is 0 Å². The second-order valence-corrected chi connectivity index (χ2v) is 5.80. The van der Waals surface area contributed by atoms with E-state index in [0.717, 1.165) is 32.9 Å². The van der Waals surface area contributed by atoms with Crippen molar-refractivity contribution in [1.29, 1.82) is 0 Å². The minimum atomic E-state index is -0.225. The molecule has 0 radical (unpaired) electrons. The minimum Gasteiger partial charge on any atom is -0.265 e. The Balaban J connectivity index is 2.14. The molecule has 2 heterocycles. The van der Waals surface area contributed by atoms with Gasteiger partial charge < -0.3 is 0 Å². The molecule has 0 fully saturated rings. The monoisotopic (exact) mass is 307 g/mol. The summed E-state index contributed by atoms with van der Waals surface area (Å²) in [6.45, 7) is 2.03. The van der Waals surface area contributed by atoms with E-state index in [9.17, 15) is 4.39 Å². The van der Waals surface area contributed by atoms with E-state index in [1.165, 1.54) is 12.1 Å². The van der Waals surface area contributed by atoms with Crippen LogP contribution in [0.4, 0.5) is 4.39 Å². The molecule has 2 aromatic heterocycles. The highest BCUT2D eigenvalue weighted by atomic mass is 32.1. The third kappa shape index (κ3) is 3.08. The molecule has 1 nitrogen and oxygen atoms in total. The molecule has 3 heteroatoms. The fourth-order valence-corrected chi connectivity index (χ4v) is 3.25. The van der Waals surface area contributed by atoms with Gasteiger partial charge in [0.1, 0.15) is 5.82 Å². The zero-order valence-electron chi connectivity index (χ0n) is 12.1. The number of hydrogen-bond donors (Lipinski definition) is 0. The van der Waals surface area contributed by atoms with Crippen LogP contribution in [0.15, 0.2) is 54.9 Å². The molecule has 3 aromatic rings. The van der Waals surface area contributed by atoms with Gasteiger partial charge in [0.05, 0.1) is 4.88 Å². The molecule has 1 aromatic carbocycles. The first-order chi connectivity index (χ1) is 10.8. The first-order valence-electron chi connectivity index (χ1n) is 7.07. The fourth-order valence-electron chi connectivity index (χ4n) is 2.19. The van der Waals surface area contributed by atoms with Gasteiger partial charge in [-0.2, -0.15) is 0 Å². The topological polar surface area (TPSA) is 12.9 Å². The SMILES string of the molecule is CCC#Cc1cc(-c2ccncc2)c(-c2ccc(F)cc2)s1. The fraction of sp³-hybridized carbons (Fsp3) is 0.105. The van der Waals surface area contributed by atoms with E-state index in [2.05, 4.69) is 22.9 Å². The number of rotatable bonds is 2. The van der Waals surface area contributed by atoms with Gasteiger partial charge in [-0.25, -0.2) is 4.39 Å². The van der Waals surface area contributed by atoms with E-state index in [4.69, 9.17) is 0 Å². The van der Waals surface area contributed by atoms with Crippen LogP contribution in [0, 0.1) is 17.7 Å². The van der Waals surface area contributed by atoms with E-state index in [1.807, 2.05) is 31.2 Å². The minimum absolute atomic E-state index is 0.225. The van der Waals surface area contributed by atoms with Crippen molar-refractivity contribution in [3.05, 3.63) is 65.6 Å². The molecule has 0 atom stereocenters. The molecule has 0 bridgehead atoms. The number of benzene rings is 1. The maximum Gasteiger partial charge on any atom is 0.123 e. The Hall–Kier alpha value is -2.44. The highest BCUT2D eigenvalue weighted by Crippen LogP contribution is 2.39. The maximum absolute atomic E-state index is 13.2. The number of hydrogen-bond acceptors (Lipinski definition) is 2. The van der Waals surface area contributed by atoms with Gasteiger partial charge in [-0.15, -0.1) is 11.3 Å². The summed E-state index contributed by atoms with van der Waals surface area (Å²) in [5.74, 6) is 6.06. The lowest BCUT2D eigenvalue weighted by Crippen LogP contribution is -1.80. The average Bonchev–Trinajstić information content (AvgIpc) is 2.98. The predicted molar refractivity (Wildman–Crippen MR) is 90.1 cm³/mol. The van der Waals surface area contributed by atoms with E-state index >= 15 is 0 Å². The zero-order valence-corrected chi connectivity index (χ0v) is 13.0. The molecule has 0 aliphatic carbocycles. The van der Waals surface area contributed by atoms with E-state index in [0.29, 0.717) is 0 Å². The van der Waals surface area contributed by atoms with Crippen LogP contribution < -0.4 is 0 Å². The Kier molecular flexibility index (Phi) is 4.32. The number of pyridine rings is 1. The quantitative estimate of drug-likeness (QED) is 0.579. The summed E-state index contributed by atoms with van der Waals surface area (Å²) in [5, 5.41) is 0. The van der Waals surface area contributed by atoms with Gasteiger partial charge in [-0.1, -0.05) is 30.9 Å². The van der Waals surface area contributed by atoms with Gasteiger partial charge in [0.15, 0.2) is 0 Å². The lowest BCUT2D eigenvalue weighted by molar-refractivity contribution is 0.628. The average molecular weight is 307 g/mol. The molecule has 0 amide bonds.